The van der Waals surface area contributed by atoms with E-state index in [2.05, 4.69) is 47.7 Å². The van der Waals surface area contributed by atoms with Crippen molar-refractivity contribution in [3.05, 3.63) is 10.0 Å². The molecule has 0 radical (unpaired) electrons. The number of nitrogens with one attached hydrogen (secondary N) is 1. The molecule has 1 aliphatic rings. The van der Waals surface area contributed by atoms with E-state index in [1.807, 2.05) is 25.5 Å². The van der Waals surface area contributed by atoms with Gasteiger partial charge in [-0.3, -0.25) is 4.79 Å². The Morgan fingerprint density at radius 2 is 2.21 bits per heavy atom. The van der Waals surface area contributed by atoms with Crippen molar-refractivity contribution in [3.8, 4) is 0 Å². The summed E-state index contributed by atoms with van der Waals surface area (Å²) in [5.74, 6) is 0.509. The van der Waals surface area contributed by atoms with E-state index >= 15 is 0 Å². The summed E-state index contributed by atoms with van der Waals surface area (Å²) in [6.45, 7) is 7.95. The minimum absolute atomic E-state index is 0.318. The number of halogens is 1. The molecule has 0 aliphatic carbocycles. The van der Waals surface area contributed by atoms with Crippen molar-refractivity contribution >= 4 is 45.9 Å². The lowest BCUT2D eigenvalue weighted by molar-refractivity contribution is -0.138. The molecule has 1 aliphatic heterocycles. The predicted octanol–water partition coefficient (Wildman–Crippen LogP) is 1.90. The molecule has 24 heavy (non-hydrogen) atoms. The van der Waals surface area contributed by atoms with Gasteiger partial charge < -0.3 is 15.8 Å². The molecule has 132 valence electrons. The van der Waals surface area contributed by atoms with E-state index in [0.717, 1.165) is 34.2 Å². The predicted molar refractivity (Wildman–Crippen MR) is 100 cm³/mol. The number of piperidine rings is 1. The molecule has 0 unspecified atom stereocenters. The summed E-state index contributed by atoms with van der Waals surface area (Å²) in [6, 6.07) is 0.365. The number of aromatic nitrogens is 4. The van der Waals surface area contributed by atoms with Gasteiger partial charge in [0.15, 0.2) is 5.65 Å². The van der Waals surface area contributed by atoms with Crippen LogP contribution in [0.25, 0.3) is 11.0 Å². The van der Waals surface area contributed by atoms with Gasteiger partial charge in [-0.05, 0) is 62.7 Å². The molecule has 2 aromatic rings. The first kappa shape index (κ1) is 18.8. The van der Waals surface area contributed by atoms with Gasteiger partial charge in [0.25, 0.3) is 6.47 Å². The maximum atomic E-state index is 9.60. The molecule has 0 amide bonds. The summed E-state index contributed by atoms with van der Waals surface area (Å²) in [4.78, 5) is 17.9. The Kier molecular flexibility index (Phi) is 6.33. The highest BCUT2D eigenvalue weighted by Gasteiger charge is 2.21. The van der Waals surface area contributed by atoms with E-state index in [9.17, 15) is 4.79 Å². The number of nitrogens with zero attached hydrogens (tertiary/aromatic N) is 4. The third-order valence-corrected chi connectivity index (χ3v) is 4.25. The zero-order chi connectivity index (χ0) is 17.7. The smallest absolute Gasteiger partial charge is 0.293 e. The maximum Gasteiger partial charge on any atom is 0.293 e. The molecule has 0 aromatic carbocycles. The number of ether oxygens (including phenoxy) is 1. The van der Waals surface area contributed by atoms with E-state index < -0.39 is 0 Å². The largest absolute Gasteiger partial charge is 0.462 e. The van der Waals surface area contributed by atoms with Crippen LogP contribution in [-0.2, 0) is 9.53 Å². The number of rotatable bonds is 2. The highest BCUT2D eigenvalue weighted by atomic mass is 127. The van der Waals surface area contributed by atoms with Crippen LogP contribution >= 0.6 is 22.6 Å². The SMILES string of the molecule is CC(C)(C)OC=O.Nc1ncnc2c1c(I)nn2[C@@H]1CCCNC1. The third kappa shape index (κ3) is 4.76. The first-order chi connectivity index (χ1) is 11.3. The molecule has 1 atom stereocenters. The highest BCUT2D eigenvalue weighted by molar-refractivity contribution is 14.1. The summed E-state index contributed by atoms with van der Waals surface area (Å²) in [5.41, 5.74) is 6.40. The first-order valence-electron chi connectivity index (χ1n) is 7.80. The van der Waals surface area contributed by atoms with Crippen LogP contribution in [0.4, 0.5) is 5.82 Å². The topological polar surface area (TPSA) is 108 Å². The van der Waals surface area contributed by atoms with Gasteiger partial charge in [-0.2, -0.15) is 5.10 Å². The van der Waals surface area contributed by atoms with Gasteiger partial charge in [-0.25, -0.2) is 14.6 Å². The summed E-state index contributed by atoms with van der Waals surface area (Å²) < 4.78 is 7.41. The number of nitrogen functional groups attached to an aromatic ring is 1. The normalized spacial score (nSPS) is 17.9. The zero-order valence-corrected chi connectivity index (χ0v) is 16.3. The fourth-order valence-corrected chi connectivity index (χ4v) is 3.14. The van der Waals surface area contributed by atoms with Gasteiger partial charge in [-0.1, -0.05) is 0 Å². The van der Waals surface area contributed by atoms with Gasteiger partial charge in [0, 0.05) is 6.54 Å². The number of anilines is 1. The first-order valence-corrected chi connectivity index (χ1v) is 8.87. The number of nitrogens with two attached hydrogens (primary N) is 1. The number of carbonyl (C=O) groups is 1. The summed E-state index contributed by atoms with van der Waals surface area (Å²) in [6.07, 6.45) is 3.80. The number of hydrogen-bond acceptors (Lipinski definition) is 7. The monoisotopic (exact) mass is 446 g/mol. The molecule has 2 aromatic heterocycles. The van der Waals surface area contributed by atoms with Gasteiger partial charge in [0.05, 0.1) is 11.4 Å². The van der Waals surface area contributed by atoms with E-state index in [4.69, 9.17) is 5.73 Å². The molecule has 9 heteroatoms. The number of carbonyl (C=O) groups excluding carboxylic acids is 1. The van der Waals surface area contributed by atoms with Gasteiger partial charge >= 0.3 is 0 Å². The van der Waals surface area contributed by atoms with Crippen molar-refractivity contribution in [3.63, 3.8) is 0 Å². The number of fused-ring (bicyclic) bond motifs is 1. The lowest BCUT2D eigenvalue weighted by atomic mass is 10.1. The molecule has 1 fully saturated rings. The average Bonchev–Trinajstić information content (AvgIpc) is 2.86. The van der Waals surface area contributed by atoms with E-state index in [0.29, 0.717) is 18.3 Å². The standard InChI is InChI=1S/C10H13IN6.C5H10O2/c11-8-7-9(12)14-5-15-10(7)17(16-8)6-2-1-3-13-4-6;1-5(2,3)7-4-6/h5-6,13H,1-4H2,(H2,12,14,15);4H,1-3H3/t6-;/m1./s1. The van der Waals surface area contributed by atoms with E-state index in [-0.39, 0.29) is 5.60 Å². The second-order valence-corrected chi connectivity index (χ2v) is 7.54. The van der Waals surface area contributed by atoms with Crippen LogP contribution in [0.3, 0.4) is 0 Å². The zero-order valence-electron chi connectivity index (χ0n) is 14.1. The lowest BCUT2D eigenvalue weighted by Crippen LogP contribution is -2.32. The van der Waals surface area contributed by atoms with Crippen LogP contribution in [0.15, 0.2) is 6.33 Å². The average molecular weight is 446 g/mol. The maximum absolute atomic E-state index is 9.60. The molecule has 0 saturated carbocycles. The van der Waals surface area contributed by atoms with Gasteiger partial charge in [0.1, 0.15) is 21.4 Å². The van der Waals surface area contributed by atoms with Gasteiger partial charge in [0.2, 0.25) is 0 Å². The van der Waals surface area contributed by atoms with Crippen LogP contribution in [0.5, 0.6) is 0 Å². The Hall–Kier alpha value is -1.49. The van der Waals surface area contributed by atoms with Crippen molar-refractivity contribution in [1.29, 1.82) is 0 Å². The quantitative estimate of drug-likeness (QED) is 0.536. The third-order valence-electron chi connectivity index (χ3n) is 3.49. The van der Waals surface area contributed by atoms with Crippen molar-refractivity contribution in [1.82, 2.24) is 25.1 Å². The Bertz CT molecular complexity index is 691. The van der Waals surface area contributed by atoms with Crippen molar-refractivity contribution in [2.45, 2.75) is 45.3 Å². The molecule has 1 saturated heterocycles. The van der Waals surface area contributed by atoms with E-state index in [1.165, 1.54) is 12.7 Å². The van der Waals surface area contributed by atoms with Gasteiger partial charge in [-0.15, -0.1) is 0 Å². The minimum atomic E-state index is -0.318. The van der Waals surface area contributed by atoms with Crippen LogP contribution in [0.2, 0.25) is 0 Å². The molecular formula is C15H23IN6O2. The molecule has 8 nitrogen and oxygen atoms in total. The second-order valence-electron chi connectivity index (χ2n) is 6.52. The van der Waals surface area contributed by atoms with Crippen molar-refractivity contribution in [2.75, 3.05) is 18.8 Å². The van der Waals surface area contributed by atoms with Crippen LogP contribution < -0.4 is 11.1 Å². The fourth-order valence-electron chi connectivity index (χ4n) is 2.39. The van der Waals surface area contributed by atoms with Crippen LogP contribution in [-0.4, -0.2) is 44.9 Å². The Balaban J connectivity index is 0.000000256. The number of hydrogen-bond donors (Lipinski definition) is 2. The van der Waals surface area contributed by atoms with Crippen molar-refractivity contribution < 1.29 is 9.53 Å². The highest BCUT2D eigenvalue weighted by Crippen LogP contribution is 2.27. The molecular weight excluding hydrogens is 423 g/mol. The van der Waals surface area contributed by atoms with Crippen molar-refractivity contribution in [2.24, 2.45) is 0 Å². The Morgan fingerprint density at radius 3 is 2.75 bits per heavy atom. The van der Waals surface area contributed by atoms with E-state index in [1.54, 1.807) is 0 Å². The molecule has 3 rings (SSSR count). The summed E-state index contributed by atoms with van der Waals surface area (Å²) in [7, 11) is 0. The fraction of sp³-hybridized carbons (Fsp3) is 0.600. The van der Waals surface area contributed by atoms with Crippen LogP contribution in [0.1, 0.15) is 39.7 Å². The Labute approximate surface area is 154 Å². The Morgan fingerprint density at radius 1 is 1.46 bits per heavy atom. The minimum Gasteiger partial charge on any atom is -0.462 e. The van der Waals surface area contributed by atoms with Crippen LogP contribution in [0, 0.1) is 3.70 Å². The molecule has 0 bridgehead atoms. The summed E-state index contributed by atoms with van der Waals surface area (Å²) in [5, 5.41) is 8.81. The molecule has 3 heterocycles. The molecule has 3 N–H and O–H groups in total. The molecule has 0 spiro atoms. The summed E-state index contributed by atoms with van der Waals surface area (Å²) >= 11 is 2.19. The second kappa shape index (κ2) is 8.06. The lowest BCUT2D eigenvalue weighted by Gasteiger charge is -2.23.